The molecule has 8 heteroatoms. The van der Waals surface area contributed by atoms with Gasteiger partial charge in [-0.1, -0.05) is 0 Å². The van der Waals surface area contributed by atoms with Gasteiger partial charge in [-0.15, -0.1) is 11.3 Å². The summed E-state index contributed by atoms with van der Waals surface area (Å²) in [6.07, 6.45) is 1.08. The van der Waals surface area contributed by atoms with Gasteiger partial charge in [0.2, 0.25) is 0 Å². The molecule has 1 aliphatic rings. The minimum atomic E-state index is -2.88. The van der Waals surface area contributed by atoms with Crippen LogP contribution in [0.5, 0.6) is 5.75 Å². The van der Waals surface area contributed by atoms with Crippen LogP contribution in [0.15, 0.2) is 36.4 Å². The molecule has 0 radical (unpaired) electrons. The van der Waals surface area contributed by atoms with Crippen molar-refractivity contribution < 1.29 is 28.2 Å². The molecule has 5 nitrogen and oxygen atoms in total. The molecule has 1 atom stereocenters. The number of likely N-dealkylation sites (tertiary alicyclic amines) is 1. The number of carboxylic acids is 1. The van der Waals surface area contributed by atoms with E-state index in [1.54, 1.807) is 31.2 Å². The molecular formula is C18H17F2NO4S. The summed E-state index contributed by atoms with van der Waals surface area (Å²) in [5.41, 5.74) is -0.423. The number of hydrogen-bond donors (Lipinski definition) is 1. The Morgan fingerprint density at radius 1 is 1.23 bits per heavy atom. The highest BCUT2D eigenvalue weighted by atomic mass is 32.1. The number of amides is 1. The van der Waals surface area contributed by atoms with E-state index in [1.165, 1.54) is 28.4 Å². The average Bonchev–Trinajstić information content (AvgIpc) is 3.22. The Labute approximate surface area is 152 Å². The van der Waals surface area contributed by atoms with Gasteiger partial charge in [0.25, 0.3) is 5.91 Å². The van der Waals surface area contributed by atoms with Crippen molar-refractivity contribution >= 4 is 23.2 Å². The van der Waals surface area contributed by atoms with Crippen molar-refractivity contribution in [3.63, 3.8) is 0 Å². The molecule has 1 amide bonds. The van der Waals surface area contributed by atoms with Crippen LogP contribution in [0.1, 0.15) is 29.4 Å². The Balaban J connectivity index is 1.79. The number of alkyl halides is 2. The molecule has 2 heterocycles. The first kappa shape index (κ1) is 18.3. The molecule has 1 aromatic carbocycles. The standard InChI is InChI=1S/C18H17F2NO4S/c1-18(16(23)24)9-2-10-21(18)15(22)14-8-7-13(26-14)11-3-5-12(6-4-11)25-17(19)20/h3-8,17H,2,9-10H2,1H3,(H,23,24). The van der Waals surface area contributed by atoms with Crippen molar-refractivity contribution in [1.82, 2.24) is 4.90 Å². The van der Waals surface area contributed by atoms with Crippen molar-refractivity contribution in [3.8, 4) is 16.2 Å². The van der Waals surface area contributed by atoms with E-state index in [9.17, 15) is 23.5 Å². The highest BCUT2D eigenvalue weighted by Crippen LogP contribution is 2.35. The van der Waals surface area contributed by atoms with Crippen molar-refractivity contribution in [2.75, 3.05) is 6.54 Å². The summed E-state index contributed by atoms with van der Waals surface area (Å²) in [7, 11) is 0. The summed E-state index contributed by atoms with van der Waals surface area (Å²) in [6, 6.07) is 9.56. The minimum Gasteiger partial charge on any atom is -0.480 e. The number of carbonyl (C=O) groups is 2. The smallest absolute Gasteiger partial charge is 0.387 e. The molecule has 1 unspecified atom stereocenters. The largest absolute Gasteiger partial charge is 0.480 e. The monoisotopic (exact) mass is 381 g/mol. The van der Waals surface area contributed by atoms with Gasteiger partial charge in [-0.25, -0.2) is 4.79 Å². The summed E-state index contributed by atoms with van der Waals surface area (Å²) in [6.45, 7) is -0.902. The maximum absolute atomic E-state index is 12.8. The second-order valence-electron chi connectivity index (χ2n) is 6.21. The molecule has 0 bridgehead atoms. The SMILES string of the molecule is CC1(C(=O)O)CCCN1C(=O)c1ccc(-c2ccc(OC(F)F)cc2)s1. The molecule has 3 rings (SSSR count). The molecule has 0 saturated carbocycles. The molecular weight excluding hydrogens is 364 g/mol. The fraction of sp³-hybridized carbons (Fsp3) is 0.333. The zero-order chi connectivity index (χ0) is 18.9. The number of hydrogen-bond acceptors (Lipinski definition) is 4. The predicted molar refractivity (Wildman–Crippen MR) is 92.7 cm³/mol. The van der Waals surface area contributed by atoms with Crippen LogP contribution >= 0.6 is 11.3 Å². The van der Waals surface area contributed by atoms with Crippen LogP contribution in [0.25, 0.3) is 10.4 Å². The molecule has 2 aromatic rings. The summed E-state index contributed by atoms with van der Waals surface area (Å²) in [5.74, 6) is -1.25. The maximum Gasteiger partial charge on any atom is 0.387 e. The average molecular weight is 381 g/mol. The first-order valence-corrected chi connectivity index (χ1v) is 8.83. The van der Waals surface area contributed by atoms with Gasteiger partial charge in [0.15, 0.2) is 0 Å². The summed E-state index contributed by atoms with van der Waals surface area (Å²) in [4.78, 5) is 26.9. The van der Waals surface area contributed by atoms with Crippen LogP contribution in [0.3, 0.4) is 0 Å². The molecule has 1 saturated heterocycles. The van der Waals surface area contributed by atoms with E-state index in [0.717, 1.165) is 10.4 Å². The highest BCUT2D eigenvalue weighted by molar-refractivity contribution is 7.17. The molecule has 138 valence electrons. The van der Waals surface area contributed by atoms with E-state index in [0.29, 0.717) is 24.3 Å². The quantitative estimate of drug-likeness (QED) is 0.847. The number of carbonyl (C=O) groups excluding carboxylic acids is 1. The number of halogens is 2. The van der Waals surface area contributed by atoms with Crippen molar-refractivity contribution in [2.45, 2.75) is 31.9 Å². The van der Waals surface area contributed by atoms with E-state index < -0.39 is 18.1 Å². The Kier molecular flexibility index (Phi) is 4.95. The zero-order valence-electron chi connectivity index (χ0n) is 13.9. The van der Waals surface area contributed by atoms with Crippen LogP contribution in [0.2, 0.25) is 0 Å². The number of carboxylic acid groups (broad SMARTS) is 1. The number of rotatable bonds is 5. The van der Waals surface area contributed by atoms with Crippen molar-refractivity contribution in [2.24, 2.45) is 0 Å². The predicted octanol–water partition coefficient (Wildman–Crippen LogP) is 4.10. The normalized spacial score (nSPS) is 19.8. The number of thiophene rings is 1. The Hall–Kier alpha value is -2.48. The molecule has 1 aliphatic heterocycles. The lowest BCUT2D eigenvalue weighted by atomic mass is 9.99. The lowest BCUT2D eigenvalue weighted by molar-refractivity contribution is -0.147. The van der Waals surface area contributed by atoms with Crippen LogP contribution in [-0.2, 0) is 4.79 Å². The van der Waals surface area contributed by atoms with Gasteiger partial charge in [-0.3, -0.25) is 4.79 Å². The lowest BCUT2D eigenvalue weighted by Crippen LogP contribution is -2.50. The first-order chi connectivity index (χ1) is 12.3. The van der Waals surface area contributed by atoms with E-state index >= 15 is 0 Å². The van der Waals surface area contributed by atoms with Gasteiger partial charge in [0.1, 0.15) is 11.3 Å². The van der Waals surface area contributed by atoms with Gasteiger partial charge in [0, 0.05) is 11.4 Å². The Bertz CT molecular complexity index is 821. The van der Waals surface area contributed by atoms with Gasteiger partial charge in [-0.05, 0) is 61.7 Å². The van der Waals surface area contributed by atoms with Gasteiger partial charge in [0.05, 0.1) is 4.88 Å². The number of nitrogens with zero attached hydrogens (tertiary/aromatic N) is 1. The Morgan fingerprint density at radius 3 is 2.54 bits per heavy atom. The maximum atomic E-state index is 12.8. The van der Waals surface area contributed by atoms with Gasteiger partial charge >= 0.3 is 12.6 Å². The van der Waals surface area contributed by atoms with E-state index in [2.05, 4.69) is 4.74 Å². The van der Waals surface area contributed by atoms with E-state index in [4.69, 9.17) is 0 Å². The third-order valence-electron chi connectivity index (χ3n) is 4.53. The molecule has 1 N–H and O–H groups in total. The fourth-order valence-corrected chi connectivity index (χ4v) is 4.01. The van der Waals surface area contributed by atoms with E-state index in [-0.39, 0.29) is 11.7 Å². The van der Waals surface area contributed by atoms with E-state index in [1.807, 2.05) is 0 Å². The van der Waals surface area contributed by atoms with Gasteiger partial charge < -0.3 is 14.7 Å². The lowest BCUT2D eigenvalue weighted by Gasteiger charge is -2.30. The molecule has 0 spiro atoms. The molecule has 1 fully saturated rings. The number of benzene rings is 1. The molecule has 1 aromatic heterocycles. The van der Waals surface area contributed by atoms with Crippen LogP contribution in [0, 0.1) is 0 Å². The topological polar surface area (TPSA) is 66.8 Å². The molecule has 26 heavy (non-hydrogen) atoms. The fourth-order valence-electron chi connectivity index (χ4n) is 3.05. The molecule has 0 aliphatic carbocycles. The second kappa shape index (κ2) is 7.03. The van der Waals surface area contributed by atoms with Gasteiger partial charge in [-0.2, -0.15) is 8.78 Å². The first-order valence-electron chi connectivity index (χ1n) is 8.02. The van der Waals surface area contributed by atoms with Crippen LogP contribution in [-0.4, -0.2) is 40.6 Å². The summed E-state index contributed by atoms with van der Waals surface area (Å²) < 4.78 is 28.7. The van der Waals surface area contributed by atoms with Crippen LogP contribution < -0.4 is 4.74 Å². The second-order valence-corrected chi connectivity index (χ2v) is 7.29. The minimum absolute atomic E-state index is 0.0610. The van der Waals surface area contributed by atoms with Crippen LogP contribution in [0.4, 0.5) is 8.78 Å². The highest BCUT2D eigenvalue weighted by Gasteiger charge is 2.46. The summed E-state index contributed by atoms with van der Waals surface area (Å²) in [5, 5.41) is 9.45. The Morgan fingerprint density at radius 2 is 1.92 bits per heavy atom. The van der Waals surface area contributed by atoms with Crippen molar-refractivity contribution in [1.29, 1.82) is 0 Å². The third-order valence-corrected chi connectivity index (χ3v) is 5.65. The van der Waals surface area contributed by atoms with Crippen molar-refractivity contribution in [3.05, 3.63) is 41.3 Å². The number of ether oxygens (including phenoxy) is 1. The number of aliphatic carboxylic acids is 1. The zero-order valence-corrected chi connectivity index (χ0v) is 14.8. The third kappa shape index (κ3) is 3.41. The summed E-state index contributed by atoms with van der Waals surface area (Å²) >= 11 is 1.24.